The van der Waals surface area contributed by atoms with E-state index < -0.39 is 5.97 Å². The molecular weight excluding hydrogens is 276 g/mol. The molecular formula is C19H28O3. The molecule has 1 aromatic carbocycles. The zero-order chi connectivity index (χ0) is 17.5. The van der Waals surface area contributed by atoms with E-state index in [4.69, 9.17) is 0 Å². The van der Waals surface area contributed by atoms with Crippen LogP contribution in [0.4, 0.5) is 0 Å². The number of benzene rings is 1. The van der Waals surface area contributed by atoms with E-state index in [0.717, 1.165) is 16.7 Å². The number of carboxylic acid groups (broad SMARTS) is 1. The zero-order valence-electron chi connectivity index (χ0n) is 14.7. The first-order valence-electron chi connectivity index (χ1n) is 7.56. The molecule has 122 valence electrons. The number of carboxylic acids is 1. The van der Waals surface area contributed by atoms with Gasteiger partial charge in [0.2, 0.25) is 0 Å². The van der Waals surface area contributed by atoms with E-state index >= 15 is 0 Å². The van der Waals surface area contributed by atoms with Gasteiger partial charge in [-0.1, -0.05) is 67.2 Å². The molecule has 0 bridgehead atoms. The highest BCUT2D eigenvalue weighted by molar-refractivity contribution is 5.87. The Morgan fingerprint density at radius 1 is 1.05 bits per heavy atom. The molecule has 1 unspecified atom stereocenters. The van der Waals surface area contributed by atoms with E-state index in [2.05, 4.69) is 6.58 Å². The van der Waals surface area contributed by atoms with E-state index in [9.17, 15) is 15.0 Å². The maximum atomic E-state index is 11.2. The number of aliphatic carboxylic acids is 1. The minimum atomic E-state index is -0.991. The second-order valence-electron chi connectivity index (χ2n) is 8.02. The molecule has 0 saturated heterocycles. The molecule has 3 nitrogen and oxygen atoms in total. The highest BCUT2D eigenvalue weighted by Gasteiger charge is 2.28. The van der Waals surface area contributed by atoms with Crippen molar-refractivity contribution in [2.45, 2.75) is 65.2 Å². The Morgan fingerprint density at radius 3 is 1.68 bits per heavy atom. The average molecular weight is 304 g/mol. The van der Waals surface area contributed by atoms with Gasteiger partial charge in [-0.2, -0.15) is 0 Å². The summed E-state index contributed by atoms with van der Waals surface area (Å²) in [6.45, 7) is 17.7. The largest absolute Gasteiger partial charge is 0.507 e. The molecule has 0 aliphatic rings. The molecule has 2 N–H and O–H groups in total. The molecule has 0 amide bonds. The molecule has 3 heteroatoms. The summed E-state index contributed by atoms with van der Waals surface area (Å²) in [6, 6.07) is 3.81. The molecule has 22 heavy (non-hydrogen) atoms. The van der Waals surface area contributed by atoms with Crippen LogP contribution in [0.1, 0.15) is 71.1 Å². The van der Waals surface area contributed by atoms with Crippen molar-refractivity contribution in [3.8, 4) is 5.75 Å². The normalized spacial score (nSPS) is 13.8. The number of phenols is 1. The number of hydrogen-bond donors (Lipinski definition) is 2. The summed E-state index contributed by atoms with van der Waals surface area (Å²) in [7, 11) is 0. The minimum Gasteiger partial charge on any atom is -0.507 e. The predicted molar refractivity (Wildman–Crippen MR) is 90.7 cm³/mol. The van der Waals surface area contributed by atoms with Gasteiger partial charge in [-0.15, -0.1) is 0 Å². The fourth-order valence-corrected chi connectivity index (χ4v) is 2.44. The molecule has 0 heterocycles. The average Bonchev–Trinajstić information content (AvgIpc) is 2.34. The van der Waals surface area contributed by atoms with Crippen molar-refractivity contribution in [1.29, 1.82) is 0 Å². The van der Waals surface area contributed by atoms with Crippen molar-refractivity contribution < 1.29 is 15.0 Å². The SMILES string of the molecule is C=C(C(=O)O)C(C)c1cc(C(C)(C)C)c(O)c(C(C)(C)C)c1. The molecule has 0 saturated carbocycles. The van der Waals surface area contributed by atoms with E-state index in [-0.39, 0.29) is 22.3 Å². The van der Waals surface area contributed by atoms with Crippen LogP contribution in [0, 0.1) is 0 Å². The third-order valence-electron chi connectivity index (χ3n) is 4.05. The molecule has 0 spiro atoms. The third-order valence-corrected chi connectivity index (χ3v) is 4.05. The zero-order valence-corrected chi connectivity index (χ0v) is 14.7. The number of carbonyl (C=O) groups is 1. The summed E-state index contributed by atoms with van der Waals surface area (Å²) in [5, 5.41) is 19.9. The van der Waals surface area contributed by atoms with Crippen LogP contribution in [0.3, 0.4) is 0 Å². The highest BCUT2D eigenvalue weighted by Crippen LogP contribution is 2.41. The monoisotopic (exact) mass is 304 g/mol. The van der Waals surface area contributed by atoms with Gasteiger partial charge in [-0.25, -0.2) is 4.79 Å². The molecule has 1 aromatic rings. The Balaban J connectivity index is 3.61. The number of hydrogen-bond acceptors (Lipinski definition) is 2. The van der Waals surface area contributed by atoms with Crippen LogP contribution in [-0.4, -0.2) is 16.2 Å². The Kier molecular flexibility index (Phi) is 4.81. The lowest BCUT2D eigenvalue weighted by molar-refractivity contribution is -0.132. The fourth-order valence-electron chi connectivity index (χ4n) is 2.44. The van der Waals surface area contributed by atoms with Crippen LogP contribution < -0.4 is 0 Å². The second-order valence-corrected chi connectivity index (χ2v) is 8.02. The first-order valence-corrected chi connectivity index (χ1v) is 7.56. The Morgan fingerprint density at radius 2 is 1.41 bits per heavy atom. The van der Waals surface area contributed by atoms with E-state index in [1.165, 1.54) is 0 Å². The molecule has 0 radical (unpaired) electrons. The minimum absolute atomic E-state index is 0.158. The highest BCUT2D eigenvalue weighted by atomic mass is 16.4. The molecule has 0 aliphatic heterocycles. The summed E-state index contributed by atoms with van der Waals surface area (Å²) in [5.74, 6) is -0.993. The summed E-state index contributed by atoms with van der Waals surface area (Å²) in [5.41, 5.74) is 2.24. The van der Waals surface area contributed by atoms with Gasteiger partial charge in [0.25, 0.3) is 0 Å². The van der Waals surface area contributed by atoms with Gasteiger partial charge in [0.05, 0.1) is 0 Å². The molecule has 0 aromatic heterocycles. The maximum absolute atomic E-state index is 11.2. The van der Waals surface area contributed by atoms with Crippen LogP contribution in [0.5, 0.6) is 5.75 Å². The van der Waals surface area contributed by atoms with Crippen molar-refractivity contribution in [2.75, 3.05) is 0 Å². The van der Waals surface area contributed by atoms with Crippen LogP contribution in [0.2, 0.25) is 0 Å². The molecule has 1 atom stereocenters. The Labute approximate surface area is 133 Å². The smallest absolute Gasteiger partial charge is 0.331 e. The van der Waals surface area contributed by atoms with Gasteiger partial charge >= 0.3 is 5.97 Å². The van der Waals surface area contributed by atoms with Gasteiger partial charge in [0, 0.05) is 11.5 Å². The molecule has 0 fully saturated rings. The van der Waals surface area contributed by atoms with E-state index in [1.54, 1.807) is 0 Å². The lowest BCUT2D eigenvalue weighted by Crippen LogP contribution is -2.19. The maximum Gasteiger partial charge on any atom is 0.331 e. The van der Waals surface area contributed by atoms with Crippen LogP contribution >= 0.6 is 0 Å². The van der Waals surface area contributed by atoms with Crippen molar-refractivity contribution in [3.63, 3.8) is 0 Å². The van der Waals surface area contributed by atoms with Crippen molar-refractivity contribution in [2.24, 2.45) is 0 Å². The number of rotatable bonds is 3. The molecule has 0 aliphatic carbocycles. The van der Waals surface area contributed by atoms with Crippen molar-refractivity contribution in [3.05, 3.63) is 41.0 Å². The van der Waals surface area contributed by atoms with Gasteiger partial charge in [0.15, 0.2) is 0 Å². The molecule has 1 rings (SSSR count). The predicted octanol–water partition coefficient (Wildman–Crippen LogP) is 4.73. The van der Waals surface area contributed by atoms with Gasteiger partial charge in [0.1, 0.15) is 5.75 Å². The lowest BCUT2D eigenvalue weighted by atomic mass is 9.76. The fraction of sp³-hybridized carbons (Fsp3) is 0.526. The lowest BCUT2D eigenvalue weighted by Gasteiger charge is -2.29. The quantitative estimate of drug-likeness (QED) is 0.794. The summed E-state index contributed by atoms with van der Waals surface area (Å²) in [4.78, 5) is 11.2. The summed E-state index contributed by atoms with van der Waals surface area (Å²) < 4.78 is 0. The van der Waals surface area contributed by atoms with Gasteiger partial charge < -0.3 is 10.2 Å². The standard InChI is InChI=1S/C19H28O3/c1-11(12(2)17(21)22)13-9-14(18(3,4)5)16(20)15(10-13)19(6,7)8/h9-11,20H,2H2,1,3-8H3,(H,21,22). The first kappa shape index (κ1) is 18.3. The second kappa shape index (κ2) is 5.79. The summed E-state index contributed by atoms with van der Waals surface area (Å²) >= 11 is 0. The van der Waals surface area contributed by atoms with Crippen molar-refractivity contribution in [1.82, 2.24) is 0 Å². The van der Waals surface area contributed by atoms with E-state index in [1.807, 2.05) is 60.6 Å². The van der Waals surface area contributed by atoms with Crippen molar-refractivity contribution >= 4 is 5.97 Å². The van der Waals surface area contributed by atoms with Gasteiger partial charge in [-0.05, 0) is 27.5 Å². The number of phenolic OH excluding ortho intramolecular Hbond substituents is 1. The van der Waals surface area contributed by atoms with Crippen LogP contribution in [0.25, 0.3) is 0 Å². The topological polar surface area (TPSA) is 57.5 Å². The van der Waals surface area contributed by atoms with Crippen LogP contribution in [0.15, 0.2) is 24.3 Å². The van der Waals surface area contributed by atoms with Crippen LogP contribution in [-0.2, 0) is 15.6 Å². The van der Waals surface area contributed by atoms with Gasteiger partial charge in [-0.3, -0.25) is 0 Å². The third kappa shape index (κ3) is 3.70. The first-order chi connectivity index (χ1) is 9.76. The Hall–Kier alpha value is -1.77. The summed E-state index contributed by atoms with van der Waals surface area (Å²) in [6.07, 6.45) is 0. The number of aromatic hydroxyl groups is 1. The van der Waals surface area contributed by atoms with E-state index in [0.29, 0.717) is 5.75 Å². The Bertz CT molecular complexity index is 563.